The molecule has 1 fully saturated rings. The first-order valence-electron chi connectivity index (χ1n) is 5.81. The van der Waals surface area contributed by atoms with Crippen LogP contribution in [-0.2, 0) is 9.53 Å². The van der Waals surface area contributed by atoms with Gasteiger partial charge >= 0.3 is 5.97 Å². The van der Waals surface area contributed by atoms with Crippen LogP contribution in [0.1, 0.15) is 5.56 Å². The van der Waals surface area contributed by atoms with Crippen LogP contribution in [0.4, 0.5) is 11.4 Å². The Kier molecular flexibility index (Phi) is 3.66. The molecule has 1 heterocycles. The fraction of sp³-hybridized carbons (Fsp3) is 0.417. The monoisotopic (exact) mass is 266 g/mol. The molecule has 0 aromatic heterocycles. The maximum Gasteiger partial charge on any atom is 0.311 e. The fourth-order valence-corrected chi connectivity index (χ4v) is 2.06. The smallest absolute Gasteiger partial charge is 0.311 e. The minimum Gasteiger partial charge on any atom is -0.481 e. The number of aliphatic carboxylic acids is 1. The molecule has 19 heavy (non-hydrogen) atoms. The van der Waals surface area contributed by atoms with Gasteiger partial charge in [0.15, 0.2) is 0 Å². The van der Waals surface area contributed by atoms with Crippen LogP contribution in [-0.4, -0.2) is 35.3 Å². The maximum absolute atomic E-state index is 11.0. The number of carboxylic acids is 1. The molecule has 0 saturated carbocycles. The number of benzene rings is 1. The molecule has 0 spiro atoms. The number of ether oxygens (including phenoxy) is 1. The minimum absolute atomic E-state index is 0.0144. The van der Waals surface area contributed by atoms with Gasteiger partial charge in [0.05, 0.1) is 24.2 Å². The van der Waals surface area contributed by atoms with E-state index in [1.54, 1.807) is 13.0 Å². The van der Waals surface area contributed by atoms with Gasteiger partial charge in [0.1, 0.15) is 5.92 Å². The number of aryl methyl sites for hydroxylation is 1. The second kappa shape index (κ2) is 5.23. The molecule has 2 atom stereocenters. The Bertz CT molecular complexity index is 517. The van der Waals surface area contributed by atoms with E-state index < -0.39 is 16.8 Å². The molecule has 0 radical (unpaired) electrons. The molecule has 1 saturated heterocycles. The van der Waals surface area contributed by atoms with Crippen molar-refractivity contribution in [3.8, 4) is 0 Å². The first kappa shape index (κ1) is 13.3. The van der Waals surface area contributed by atoms with Gasteiger partial charge in [-0.15, -0.1) is 0 Å². The number of hydrogen-bond donors (Lipinski definition) is 2. The van der Waals surface area contributed by atoms with Gasteiger partial charge in [0.2, 0.25) is 0 Å². The van der Waals surface area contributed by atoms with E-state index in [4.69, 9.17) is 9.84 Å². The van der Waals surface area contributed by atoms with Gasteiger partial charge in [-0.05, 0) is 18.6 Å². The molecule has 7 nitrogen and oxygen atoms in total. The van der Waals surface area contributed by atoms with Crippen LogP contribution in [0.5, 0.6) is 0 Å². The third kappa shape index (κ3) is 2.82. The van der Waals surface area contributed by atoms with Crippen molar-refractivity contribution in [3.05, 3.63) is 33.9 Å². The Labute approximate surface area is 109 Å². The van der Waals surface area contributed by atoms with Crippen molar-refractivity contribution in [2.24, 2.45) is 5.92 Å². The van der Waals surface area contributed by atoms with Crippen LogP contribution in [0.15, 0.2) is 18.2 Å². The van der Waals surface area contributed by atoms with E-state index in [1.165, 1.54) is 12.1 Å². The highest BCUT2D eigenvalue weighted by Gasteiger charge is 2.34. The molecule has 0 bridgehead atoms. The molecule has 2 rings (SSSR count). The fourth-order valence-electron chi connectivity index (χ4n) is 2.06. The molecule has 2 unspecified atom stereocenters. The third-order valence-electron chi connectivity index (χ3n) is 3.16. The summed E-state index contributed by atoms with van der Waals surface area (Å²) in [7, 11) is 0. The predicted molar refractivity (Wildman–Crippen MR) is 67.2 cm³/mol. The highest BCUT2D eigenvalue weighted by Crippen LogP contribution is 2.25. The lowest BCUT2D eigenvalue weighted by Crippen LogP contribution is -2.33. The molecule has 102 valence electrons. The van der Waals surface area contributed by atoms with Crippen LogP contribution < -0.4 is 5.32 Å². The summed E-state index contributed by atoms with van der Waals surface area (Å²) >= 11 is 0. The number of nitrogens with zero attached hydrogens (tertiary/aromatic N) is 1. The summed E-state index contributed by atoms with van der Waals surface area (Å²) in [6.45, 7) is 2.23. The topological polar surface area (TPSA) is 102 Å². The van der Waals surface area contributed by atoms with Crippen molar-refractivity contribution in [2.45, 2.75) is 13.0 Å². The normalized spacial score (nSPS) is 22.2. The molecule has 0 amide bonds. The summed E-state index contributed by atoms with van der Waals surface area (Å²) in [6.07, 6.45) is 0. The van der Waals surface area contributed by atoms with Gasteiger partial charge in [-0.2, -0.15) is 0 Å². The molecule has 1 aliphatic rings. The highest BCUT2D eigenvalue weighted by molar-refractivity contribution is 5.72. The number of nitrogens with one attached hydrogen (secondary N) is 1. The number of hydrogen-bond acceptors (Lipinski definition) is 5. The number of rotatable bonds is 4. The van der Waals surface area contributed by atoms with Crippen molar-refractivity contribution in [1.29, 1.82) is 0 Å². The number of non-ortho nitro benzene ring substituents is 1. The first-order valence-corrected chi connectivity index (χ1v) is 5.81. The molecule has 7 heteroatoms. The first-order chi connectivity index (χ1) is 8.99. The predicted octanol–water partition coefficient (Wildman–Crippen LogP) is 1.41. The second-order valence-corrected chi connectivity index (χ2v) is 4.49. The lowest BCUT2D eigenvalue weighted by atomic mass is 10.0. The largest absolute Gasteiger partial charge is 0.481 e. The highest BCUT2D eigenvalue weighted by atomic mass is 16.6. The number of carbonyl (C=O) groups is 1. The zero-order valence-corrected chi connectivity index (χ0v) is 10.3. The van der Waals surface area contributed by atoms with Crippen molar-refractivity contribution in [1.82, 2.24) is 0 Å². The van der Waals surface area contributed by atoms with E-state index in [1.807, 2.05) is 0 Å². The van der Waals surface area contributed by atoms with E-state index in [0.29, 0.717) is 17.9 Å². The molecule has 2 N–H and O–H groups in total. The lowest BCUT2D eigenvalue weighted by molar-refractivity contribution is -0.384. The Morgan fingerprint density at radius 2 is 2.26 bits per heavy atom. The van der Waals surface area contributed by atoms with E-state index in [2.05, 4.69) is 5.32 Å². The molecular weight excluding hydrogens is 252 g/mol. The summed E-state index contributed by atoms with van der Waals surface area (Å²) < 4.78 is 5.15. The summed E-state index contributed by atoms with van der Waals surface area (Å²) in [4.78, 5) is 21.2. The Hall–Kier alpha value is -2.15. The maximum atomic E-state index is 11.0. The van der Waals surface area contributed by atoms with Crippen LogP contribution in [0, 0.1) is 23.0 Å². The van der Waals surface area contributed by atoms with Crippen molar-refractivity contribution >= 4 is 17.3 Å². The van der Waals surface area contributed by atoms with Gasteiger partial charge in [0, 0.05) is 17.8 Å². The van der Waals surface area contributed by atoms with E-state index in [9.17, 15) is 14.9 Å². The SMILES string of the molecule is Cc1cc([N+](=O)[O-])ccc1NC1COCC1C(=O)O. The number of anilines is 1. The lowest BCUT2D eigenvalue weighted by Gasteiger charge is -2.18. The quantitative estimate of drug-likeness (QED) is 0.631. The molecule has 1 aromatic rings. The van der Waals surface area contributed by atoms with E-state index >= 15 is 0 Å². The minimum atomic E-state index is -0.908. The van der Waals surface area contributed by atoms with Gasteiger partial charge < -0.3 is 15.2 Å². The Morgan fingerprint density at radius 1 is 1.53 bits per heavy atom. The summed E-state index contributed by atoms with van der Waals surface area (Å²) in [5, 5.41) is 22.8. The average Bonchev–Trinajstić information content (AvgIpc) is 2.79. The average molecular weight is 266 g/mol. The van der Waals surface area contributed by atoms with Crippen molar-refractivity contribution in [2.75, 3.05) is 18.5 Å². The Balaban J connectivity index is 2.15. The van der Waals surface area contributed by atoms with Gasteiger partial charge in [-0.1, -0.05) is 0 Å². The van der Waals surface area contributed by atoms with Crippen LogP contribution >= 0.6 is 0 Å². The summed E-state index contributed by atoms with van der Waals surface area (Å²) in [5.74, 6) is -1.51. The Morgan fingerprint density at radius 3 is 2.84 bits per heavy atom. The second-order valence-electron chi connectivity index (χ2n) is 4.49. The van der Waals surface area contributed by atoms with Crippen molar-refractivity contribution in [3.63, 3.8) is 0 Å². The molecule has 1 aromatic carbocycles. The van der Waals surface area contributed by atoms with Crippen LogP contribution in [0.25, 0.3) is 0 Å². The molecule has 1 aliphatic heterocycles. The van der Waals surface area contributed by atoms with Crippen LogP contribution in [0.2, 0.25) is 0 Å². The molecule has 0 aliphatic carbocycles. The van der Waals surface area contributed by atoms with Crippen molar-refractivity contribution < 1.29 is 19.6 Å². The van der Waals surface area contributed by atoms with Gasteiger partial charge in [-0.25, -0.2) is 0 Å². The van der Waals surface area contributed by atoms with E-state index in [0.717, 1.165) is 0 Å². The standard InChI is InChI=1S/C12H14N2O5/c1-7-4-8(14(17)18)2-3-10(7)13-11-6-19-5-9(11)12(15)16/h2-4,9,11,13H,5-6H2,1H3,(H,15,16). The molecular formula is C12H14N2O5. The number of carboxylic acid groups (broad SMARTS) is 1. The van der Waals surface area contributed by atoms with E-state index in [-0.39, 0.29) is 18.3 Å². The summed E-state index contributed by atoms with van der Waals surface area (Å²) in [5.41, 5.74) is 1.40. The zero-order chi connectivity index (χ0) is 14.0. The number of nitro benzene ring substituents is 1. The third-order valence-corrected chi connectivity index (χ3v) is 3.16. The number of nitro groups is 1. The summed E-state index contributed by atoms with van der Waals surface area (Å²) in [6, 6.07) is 4.11. The van der Waals surface area contributed by atoms with Crippen LogP contribution in [0.3, 0.4) is 0 Å². The van der Waals surface area contributed by atoms with Gasteiger partial charge in [-0.3, -0.25) is 14.9 Å². The zero-order valence-electron chi connectivity index (χ0n) is 10.3. The van der Waals surface area contributed by atoms with Gasteiger partial charge in [0.25, 0.3) is 5.69 Å².